The zero-order valence-electron chi connectivity index (χ0n) is 18.4. The van der Waals surface area contributed by atoms with E-state index in [4.69, 9.17) is 0 Å². The quantitative estimate of drug-likeness (QED) is 0.244. The Hall–Kier alpha value is -0.501. The van der Waals surface area contributed by atoms with Gasteiger partial charge in [0.1, 0.15) is 0 Å². The number of aromatic carboxylic acids is 8. The van der Waals surface area contributed by atoms with E-state index in [2.05, 4.69) is 0 Å². The topological polar surface area (TPSA) is 321 Å². The van der Waals surface area contributed by atoms with Gasteiger partial charge in [0, 0.05) is 55.3 Å². The number of hydrogen-bond acceptors (Lipinski definition) is 16. The Morgan fingerprint density at radius 1 is 0.263 bits per heavy atom. The molecule has 0 N–H and O–H groups in total. The molecule has 0 aliphatic rings. The van der Waals surface area contributed by atoms with Gasteiger partial charge < -0.3 is 79.2 Å². The van der Waals surface area contributed by atoms with Crippen LogP contribution in [0.25, 0.3) is 10.8 Å². The zero-order chi connectivity index (χ0) is 26.4. The van der Waals surface area contributed by atoms with Crippen molar-refractivity contribution in [3.8, 4) is 0 Å². The maximum absolute atomic E-state index is 11.7. The minimum Gasteiger partial charge on any atom is -0.545 e. The van der Waals surface area contributed by atoms with Crippen LogP contribution in [0.15, 0.2) is 0 Å². The fourth-order valence-electron chi connectivity index (χ4n) is 3.38. The van der Waals surface area contributed by atoms with Gasteiger partial charge in [0.15, 0.2) is 0 Å². The van der Waals surface area contributed by atoms with Crippen LogP contribution in [-0.2, 0) is 0 Å². The molecule has 0 bridgehead atoms. The smallest absolute Gasteiger partial charge is 0.545 e. The third-order valence-corrected chi connectivity index (χ3v) is 4.38. The Morgan fingerprint density at radius 2 is 0.368 bits per heavy atom. The summed E-state index contributed by atoms with van der Waals surface area (Å²) in [5.74, 6) is -22.7. The molecule has 20 heteroatoms. The molecule has 38 heavy (non-hydrogen) atoms. The average Bonchev–Trinajstić information content (AvgIpc) is 2.68. The van der Waals surface area contributed by atoms with E-state index in [1.165, 1.54) is 0 Å². The summed E-state index contributed by atoms with van der Waals surface area (Å²) < 4.78 is 0. The van der Waals surface area contributed by atoms with Crippen molar-refractivity contribution in [1.29, 1.82) is 0 Å². The molecule has 16 nitrogen and oxygen atoms in total. The molecule has 0 amide bonds. The third kappa shape index (κ3) is 7.41. The number of rotatable bonds is 8. The van der Waals surface area contributed by atoms with Gasteiger partial charge in [-0.25, -0.2) is 0 Å². The summed E-state index contributed by atoms with van der Waals surface area (Å²) in [4.78, 5) is 93.0. The second-order valence-electron chi connectivity index (χ2n) is 6.05. The Balaban J connectivity index is -0.00000306. The summed E-state index contributed by atoms with van der Waals surface area (Å²) in [6.45, 7) is 0. The van der Waals surface area contributed by atoms with Crippen molar-refractivity contribution < 1.29 is 79.2 Å². The van der Waals surface area contributed by atoms with Crippen LogP contribution in [0.4, 0.5) is 0 Å². The largest absolute Gasteiger partial charge is 2.00 e. The first kappa shape index (κ1) is 42.0. The van der Waals surface area contributed by atoms with E-state index in [1.807, 2.05) is 0 Å². The van der Waals surface area contributed by atoms with Crippen LogP contribution >= 0.6 is 0 Å². The van der Waals surface area contributed by atoms with E-state index in [9.17, 15) is 79.2 Å². The standard InChI is InChI=1S/C18H8O16.4Ca/c19-11(20)3-1-2(5(13(23)24)9(17(31)32)7(3)15(27)28)6(14(25)26)10(18(33)34)8(16(29)30)4(1)12(21)22;;;;/h(H,19,20)(H,21,22)(H,23,24)(H,25,26)(H,27,28)(H,29,30)(H,31,32)(H,33,34);;;;/q;4*+2/p-8. The number of carbonyl (C=O) groups excluding carboxylic acids is 8. The number of hydrogen-bond donors (Lipinski definition) is 0. The van der Waals surface area contributed by atoms with Gasteiger partial charge in [0.25, 0.3) is 0 Å². The van der Waals surface area contributed by atoms with Crippen molar-refractivity contribution in [3.63, 3.8) is 0 Å². The van der Waals surface area contributed by atoms with E-state index in [1.54, 1.807) is 0 Å². The molecule has 0 saturated carbocycles. The molecule has 176 valence electrons. The summed E-state index contributed by atoms with van der Waals surface area (Å²) in [5, 5.41) is 89.0. The number of carboxylic acid groups (broad SMARTS) is 8. The molecule has 2 rings (SSSR count). The number of carboxylic acids is 8. The van der Waals surface area contributed by atoms with Crippen LogP contribution in [0.2, 0.25) is 0 Å². The molecule has 0 aliphatic carbocycles. The molecular formula is C18Ca4O16. The molecular weight excluding hydrogens is 632 g/mol. The summed E-state index contributed by atoms with van der Waals surface area (Å²) in [6, 6.07) is 0. The van der Waals surface area contributed by atoms with Crippen LogP contribution in [0.3, 0.4) is 0 Å². The molecule has 0 aliphatic heterocycles. The van der Waals surface area contributed by atoms with E-state index in [0.717, 1.165) is 0 Å². The predicted octanol–water partition coefficient (Wildman–Crippen LogP) is -11.8. The van der Waals surface area contributed by atoms with Crippen LogP contribution in [-0.4, -0.2) is 199 Å². The maximum atomic E-state index is 11.7. The molecule has 2 aromatic rings. The second kappa shape index (κ2) is 16.1. The van der Waals surface area contributed by atoms with Crippen LogP contribution in [0, 0.1) is 0 Å². The number of carbonyl (C=O) groups is 8. The van der Waals surface area contributed by atoms with Gasteiger partial charge in [0.05, 0.1) is 47.8 Å². The first-order chi connectivity index (χ1) is 15.6. The molecule has 0 unspecified atom stereocenters. The molecule has 0 spiro atoms. The Bertz CT molecular complexity index is 1220. The monoisotopic (exact) mass is 632 g/mol. The van der Waals surface area contributed by atoms with E-state index < -0.39 is 103 Å². The number of benzene rings is 2. The molecule has 2 aromatic carbocycles. The third-order valence-electron chi connectivity index (χ3n) is 4.38. The van der Waals surface area contributed by atoms with Gasteiger partial charge in [-0.1, -0.05) is 0 Å². The van der Waals surface area contributed by atoms with E-state index in [-0.39, 0.29) is 151 Å². The molecule has 0 heterocycles. The van der Waals surface area contributed by atoms with Gasteiger partial charge in [-0.3, -0.25) is 0 Å². The number of fused-ring (bicyclic) bond motifs is 1. The van der Waals surface area contributed by atoms with E-state index >= 15 is 0 Å². The predicted molar refractivity (Wildman–Crippen MR) is 102 cm³/mol. The van der Waals surface area contributed by atoms with Crippen molar-refractivity contribution >= 4 is 209 Å². The molecule has 0 atom stereocenters. The summed E-state index contributed by atoms with van der Waals surface area (Å²) in [5.41, 5.74) is -17.3. The van der Waals surface area contributed by atoms with Crippen molar-refractivity contribution in [3.05, 3.63) is 44.5 Å². The van der Waals surface area contributed by atoms with E-state index in [0.29, 0.717) is 0 Å². The van der Waals surface area contributed by atoms with Crippen LogP contribution in [0.5, 0.6) is 0 Å². The summed E-state index contributed by atoms with van der Waals surface area (Å²) in [7, 11) is 0. The van der Waals surface area contributed by atoms with Gasteiger partial charge in [-0.2, -0.15) is 0 Å². The van der Waals surface area contributed by atoms with Crippen molar-refractivity contribution in [2.24, 2.45) is 0 Å². The normalized spacial score (nSPS) is 9.37. The average molecular weight is 632 g/mol. The fraction of sp³-hybridized carbons (Fsp3) is 0. The SMILES string of the molecule is O=C([O-])c1c(C(=O)[O-])c(C(=O)[O-])c2c(C(=O)[O-])c(C(=O)[O-])c(C(=O)[O-])c(C(=O)[O-])c2c1C(=O)[O-].[Ca+2].[Ca+2].[Ca+2].[Ca+2]. The van der Waals surface area contributed by atoms with Crippen molar-refractivity contribution in [2.45, 2.75) is 0 Å². The minimum atomic E-state index is -2.84. The van der Waals surface area contributed by atoms with Crippen LogP contribution in [0.1, 0.15) is 82.9 Å². The first-order valence-corrected chi connectivity index (χ1v) is 8.02. The molecule has 0 fully saturated rings. The van der Waals surface area contributed by atoms with Gasteiger partial charge >= 0.3 is 151 Å². The fourth-order valence-corrected chi connectivity index (χ4v) is 3.38. The van der Waals surface area contributed by atoms with Gasteiger partial charge in [0.2, 0.25) is 0 Å². The van der Waals surface area contributed by atoms with Crippen LogP contribution < -0.4 is 40.9 Å². The van der Waals surface area contributed by atoms with Gasteiger partial charge in [-0.05, 0) is 0 Å². The molecule has 0 aromatic heterocycles. The molecule has 0 radical (unpaired) electrons. The maximum Gasteiger partial charge on any atom is 2.00 e. The second-order valence-corrected chi connectivity index (χ2v) is 6.05. The van der Waals surface area contributed by atoms with Crippen molar-refractivity contribution in [1.82, 2.24) is 0 Å². The Kier molecular flexibility index (Phi) is 17.8. The zero-order valence-corrected chi connectivity index (χ0v) is 27.2. The first-order valence-electron chi connectivity index (χ1n) is 8.02. The Labute approximate surface area is 327 Å². The summed E-state index contributed by atoms with van der Waals surface area (Å²) >= 11 is 0. The van der Waals surface area contributed by atoms with Crippen molar-refractivity contribution in [2.75, 3.05) is 0 Å². The Morgan fingerprint density at radius 3 is 0.447 bits per heavy atom. The summed E-state index contributed by atoms with van der Waals surface area (Å²) in [6.07, 6.45) is 0. The van der Waals surface area contributed by atoms with Gasteiger partial charge in [-0.15, -0.1) is 0 Å². The molecule has 0 saturated heterocycles. The minimum absolute atomic E-state index is 0.